The molecule has 0 amide bonds. The predicted molar refractivity (Wildman–Crippen MR) is 124 cm³/mol. The molecule has 0 aliphatic rings. The predicted octanol–water partition coefficient (Wildman–Crippen LogP) is 5.83. The van der Waals surface area contributed by atoms with Crippen LogP contribution in [0.1, 0.15) is 22.8 Å². The second kappa shape index (κ2) is 12.0. The summed E-state index contributed by atoms with van der Waals surface area (Å²) in [6, 6.07) is 20.7. The highest BCUT2D eigenvalue weighted by Crippen LogP contribution is 2.37. The molecule has 1 unspecified atom stereocenters. The van der Waals surface area contributed by atoms with Gasteiger partial charge in [0.1, 0.15) is 6.61 Å². The Morgan fingerprint density at radius 1 is 0.967 bits per heavy atom. The molecule has 2 N–H and O–H groups in total. The van der Waals surface area contributed by atoms with Crippen molar-refractivity contribution in [2.75, 3.05) is 13.7 Å². The first-order valence-electron chi connectivity index (χ1n) is 9.24. The lowest BCUT2D eigenvalue weighted by Gasteiger charge is -2.16. The second-order valence-corrected chi connectivity index (χ2v) is 7.43. The van der Waals surface area contributed by atoms with Gasteiger partial charge in [0, 0.05) is 18.1 Å². The van der Waals surface area contributed by atoms with Crippen LogP contribution in [0.4, 0.5) is 0 Å². The van der Waals surface area contributed by atoms with Crippen molar-refractivity contribution in [3.05, 3.63) is 93.5 Å². The molecule has 0 fully saturated rings. The molecule has 0 spiro atoms. The van der Waals surface area contributed by atoms with Gasteiger partial charge in [0.15, 0.2) is 11.5 Å². The van der Waals surface area contributed by atoms with Gasteiger partial charge in [-0.3, -0.25) is 0 Å². The smallest absolute Gasteiger partial charge is 0.180 e. The summed E-state index contributed by atoms with van der Waals surface area (Å²) in [5, 5.41) is 14.6. The maximum atomic E-state index is 10.3. The third kappa shape index (κ3) is 6.79. The molecule has 160 valence electrons. The van der Waals surface area contributed by atoms with Gasteiger partial charge in [0.2, 0.25) is 0 Å². The van der Waals surface area contributed by atoms with E-state index in [1.807, 2.05) is 66.7 Å². The van der Waals surface area contributed by atoms with Crippen LogP contribution in [0.15, 0.2) is 66.7 Å². The number of aliphatic hydroxyl groups is 1. The fourth-order valence-electron chi connectivity index (χ4n) is 2.90. The van der Waals surface area contributed by atoms with E-state index in [0.717, 1.165) is 16.7 Å². The Labute approximate surface area is 193 Å². The highest BCUT2D eigenvalue weighted by atomic mass is 35.5. The van der Waals surface area contributed by atoms with E-state index in [-0.39, 0.29) is 12.4 Å². The number of hydrogen-bond donors (Lipinski definition) is 2. The number of halogens is 3. The molecular weight excluding hydrogens is 445 g/mol. The first kappa shape index (κ1) is 24.3. The molecule has 7 heteroatoms. The SMILES string of the molecule is COc1cc(CNCC(O)c2ccccc2)cc(Cl)c1OCc1ccc(Cl)cc1.Cl. The summed E-state index contributed by atoms with van der Waals surface area (Å²) in [4.78, 5) is 0. The molecule has 4 nitrogen and oxygen atoms in total. The van der Waals surface area contributed by atoms with Crippen molar-refractivity contribution in [2.24, 2.45) is 0 Å². The van der Waals surface area contributed by atoms with Crippen molar-refractivity contribution in [3.8, 4) is 11.5 Å². The van der Waals surface area contributed by atoms with Gasteiger partial charge >= 0.3 is 0 Å². The molecule has 0 radical (unpaired) electrons. The van der Waals surface area contributed by atoms with Gasteiger partial charge in [-0.1, -0.05) is 65.7 Å². The average molecular weight is 469 g/mol. The average Bonchev–Trinajstić information content (AvgIpc) is 2.74. The lowest BCUT2D eigenvalue weighted by Crippen LogP contribution is -2.21. The van der Waals surface area contributed by atoms with Crippen LogP contribution in [0.25, 0.3) is 0 Å². The van der Waals surface area contributed by atoms with Gasteiger partial charge in [-0.2, -0.15) is 0 Å². The number of hydrogen-bond acceptors (Lipinski definition) is 4. The Kier molecular flexibility index (Phi) is 9.76. The summed E-state index contributed by atoms with van der Waals surface area (Å²) in [5.41, 5.74) is 2.79. The van der Waals surface area contributed by atoms with E-state index in [1.54, 1.807) is 7.11 Å². The quantitative estimate of drug-likeness (QED) is 0.415. The molecule has 0 aliphatic heterocycles. The normalized spacial score (nSPS) is 11.5. The van der Waals surface area contributed by atoms with Crippen molar-refractivity contribution >= 4 is 35.6 Å². The number of aliphatic hydroxyl groups excluding tert-OH is 1. The Hall–Kier alpha value is -1.95. The summed E-state index contributed by atoms with van der Waals surface area (Å²) >= 11 is 12.4. The topological polar surface area (TPSA) is 50.7 Å². The van der Waals surface area contributed by atoms with Crippen LogP contribution < -0.4 is 14.8 Å². The molecule has 0 saturated carbocycles. The van der Waals surface area contributed by atoms with Crippen LogP contribution in [-0.2, 0) is 13.2 Å². The number of ether oxygens (including phenoxy) is 2. The summed E-state index contributed by atoms with van der Waals surface area (Å²) in [5.74, 6) is 1.06. The van der Waals surface area contributed by atoms with E-state index in [2.05, 4.69) is 5.32 Å². The lowest BCUT2D eigenvalue weighted by atomic mass is 10.1. The number of nitrogens with one attached hydrogen (secondary N) is 1. The Morgan fingerprint density at radius 2 is 1.67 bits per heavy atom. The third-order valence-corrected chi connectivity index (χ3v) is 4.97. The van der Waals surface area contributed by atoms with Crippen molar-refractivity contribution in [2.45, 2.75) is 19.3 Å². The van der Waals surface area contributed by atoms with Gasteiger partial charge in [-0.25, -0.2) is 0 Å². The van der Waals surface area contributed by atoms with E-state index in [1.165, 1.54) is 0 Å². The van der Waals surface area contributed by atoms with E-state index in [0.29, 0.717) is 41.2 Å². The van der Waals surface area contributed by atoms with Crippen LogP contribution in [0.2, 0.25) is 10.0 Å². The van der Waals surface area contributed by atoms with Crippen LogP contribution in [-0.4, -0.2) is 18.8 Å². The fraction of sp³-hybridized carbons (Fsp3) is 0.217. The maximum absolute atomic E-state index is 10.3. The first-order valence-corrected chi connectivity index (χ1v) is 10.00. The zero-order valence-electron chi connectivity index (χ0n) is 16.5. The first-order chi connectivity index (χ1) is 14.1. The summed E-state index contributed by atoms with van der Waals surface area (Å²) in [6.07, 6.45) is -0.574. The Bertz CT molecular complexity index is 921. The monoisotopic (exact) mass is 467 g/mol. The molecule has 30 heavy (non-hydrogen) atoms. The Morgan fingerprint density at radius 3 is 2.33 bits per heavy atom. The fourth-order valence-corrected chi connectivity index (χ4v) is 3.31. The molecule has 3 aromatic carbocycles. The van der Waals surface area contributed by atoms with E-state index in [4.69, 9.17) is 32.7 Å². The zero-order valence-corrected chi connectivity index (χ0v) is 18.8. The van der Waals surface area contributed by atoms with Crippen LogP contribution >= 0.6 is 35.6 Å². The molecule has 0 bridgehead atoms. The Balaban J connectivity index is 0.00000320. The minimum absolute atomic E-state index is 0. The molecule has 3 aromatic rings. The number of methoxy groups -OCH3 is 1. The van der Waals surface area contributed by atoms with Gasteiger partial charge in [-0.05, 0) is 41.0 Å². The van der Waals surface area contributed by atoms with Crippen LogP contribution in [0, 0.1) is 0 Å². The lowest BCUT2D eigenvalue weighted by molar-refractivity contribution is 0.174. The van der Waals surface area contributed by atoms with Crippen LogP contribution in [0.3, 0.4) is 0 Å². The summed E-state index contributed by atoms with van der Waals surface area (Å²) in [6.45, 7) is 1.32. The van der Waals surface area contributed by atoms with Crippen LogP contribution in [0.5, 0.6) is 11.5 Å². The number of rotatable bonds is 9. The second-order valence-electron chi connectivity index (χ2n) is 6.58. The maximum Gasteiger partial charge on any atom is 0.180 e. The number of benzene rings is 3. The molecule has 0 aromatic heterocycles. The zero-order chi connectivity index (χ0) is 20.6. The molecular formula is C23H24Cl3NO3. The highest BCUT2D eigenvalue weighted by Gasteiger charge is 2.13. The standard InChI is InChI=1S/C23H23Cl2NO3.ClH/c1-28-22-12-17(13-26-14-21(27)18-5-3-2-4-6-18)11-20(25)23(22)29-15-16-7-9-19(24)10-8-16;/h2-12,21,26-27H,13-15H2,1H3;1H. The van der Waals surface area contributed by atoms with Gasteiger partial charge in [-0.15, -0.1) is 12.4 Å². The van der Waals surface area contributed by atoms with Crippen molar-refractivity contribution in [1.82, 2.24) is 5.32 Å². The summed E-state index contributed by atoms with van der Waals surface area (Å²) in [7, 11) is 1.58. The molecule has 0 heterocycles. The molecule has 3 rings (SSSR count). The van der Waals surface area contributed by atoms with Crippen molar-refractivity contribution in [1.29, 1.82) is 0 Å². The molecule has 1 atom stereocenters. The van der Waals surface area contributed by atoms with E-state index < -0.39 is 6.10 Å². The highest BCUT2D eigenvalue weighted by molar-refractivity contribution is 6.32. The van der Waals surface area contributed by atoms with Gasteiger partial charge in [0.05, 0.1) is 18.2 Å². The molecule has 0 saturated heterocycles. The van der Waals surface area contributed by atoms with Gasteiger partial charge in [0.25, 0.3) is 0 Å². The van der Waals surface area contributed by atoms with Crippen molar-refractivity contribution < 1.29 is 14.6 Å². The summed E-state index contributed by atoms with van der Waals surface area (Å²) < 4.78 is 11.3. The minimum Gasteiger partial charge on any atom is -0.493 e. The van der Waals surface area contributed by atoms with E-state index >= 15 is 0 Å². The minimum atomic E-state index is -0.574. The van der Waals surface area contributed by atoms with Crippen molar-refractivity contribution in [3.63, 3.8) is 0 Å². The largest absolute Gasteiger partial charge is 0.493 e. The van der Waals surface area contributed by atoms with Gasteiger partial charge < -0.3 is 19.9 Å². The molecule has 0 aliphatic carbocycles. The third-order valence-electron chi connectivity index (χ3n) is 4.44. The van der Waals surface area contributed by atoms with E-state index in [9.17, 15) is 5.11 Å².